The maximum absolute atomic E-state index is 5.18. The van der Waals surface area contributed by atoms with Crippen LogP contribution in [0, 0.1) is 0 Å². The number of aromatic nitrogens is 2. The zero-order valence-corrected chi connectivity index (χ0v) is 12.0. The van der Waals surface area contributed by atoms with Crippen LogP contribution in [0.1, 0.15) is 6.92 Å². The van der Waals surface area contributed by atoms with E-state index in [-0.39, 0.29) is 6.04 Å². The molecule has 6 heteroatoms. The lowest BCUT2D eigenvalue weighted by Gasteiger charge is -2.30. The Hall–Kier alpha value is -0.720. The Bertz CT molecular complexity index is 338. The molecular weight excluding hydrogens is 286 g/mol. The van der Waals surface area contributed by atoms with Gasteiger partial charge in [0.1, 0.15) is 12.1 Å². The molecule has 1 aromatic rings. The minimum absolute atomic E-state index is 0.223. The van der Waals surface area contributed by atoms with Crippen molar-refractivity contribution in [2.75, 3.05) is 38.9 Å². The Morgan fingerprint density at radius 3 is 2.76 bits per heavy atom. The van der Waals surface area contributed by atoms with Crippen LogP contribution in [0.15, 0.2) is 17.0 Å². The molecule has 0 aliphatic heterocycles. The summed E-state index contributed by atoms with van der Waals surface area (Å²) in [6, 6.07) is 0.223. The van der Waals surface area contributed by atoms with E-state index in [0.29, 0.717) is 13.2 Å². The second-order valence-corrected chi connectivity index (χ2v) is 4.54. The lowest BCUT2D eigenvalue weighted by atomic mass is 10.3. The van der Waals surface area contributed by atoms with Gasteiger partial charge in [-0.05, 0) is 22.9 Å². The normalized spacial score (nSPS) is 12.5. The summed E-state index contributed by atoms with van der Waals surface area (Å²) in [5, 5.41) is 0. The van der Waals surface area contributed by atoms with Crippen LogP contribution in [-0.2, 0) is 9.47 Å². The quantitative estimate of drug-likeness (QED) is 0.768. The summed E-state index contributed by atoms with van der Waals surface area (Å²) in [7, 11) is 3.38. The van der Waals surface area contributed by atoms with E-state index < -0.39 is 0 Å². The van der Waals surface area contributed by atoms with Crippen LogP contribution < -0.4 is 4.90 Å². The van der Waals surface area contributed by atoms with Crippen LogP contribution in [0.3, 0.4) is 0 Å². The average Bonchev–Trinajstić information content (AvgIpc) is 2.32. The minimum atomic E-state index is 0.223. The first kappa shape index (κ1) is 14.3. The highest BCUT2D eigenvalue weighted by Crippen LogP contribution is 2.23. The first-order chi connectivity index (χ1) is 8.20. The minimum Gasteiger partial charge on any atom is -0.383 e. The lowest BCUT2D eigenvalue weighted by Crippen LogP contribution is -2.39. The molecule has 0 aromatic carbocycles. The van der Waals surface area contributed by atoms with E-state index in [2.05, 4.69) is 37.7 Å². The van der Waals surface area contributed by atoms with E-state index in [1.54, 1.807) is 26.7 Å². The van der Waals surface area contributed by atoms with Crippen LogP contribution in [0.4, 0.5) is 5.82 Å². The second kappa shape index (κ2) is 7.58. The molecule has 1 unspecified atom stereocenters. The summed E-state index contributed by atoms with van der Waals surface area (Å²) in [6.45, 7) is 4.13. The van der Waals surface area contributed by atoms with Crippen molar-refractivity contribution in [3.63, 3.8) is 0 Å². The standard InChI is InChI=1S/C11H18BrN3O2/c1-9(7-17-3)15(4-5-16-2)11-10(12)6-13-8-14-11/h6,8-9H,4-5,7H2,1-3H3. The third kappa shape index (κ3) is 4.22. The largest absolute Gasteiger partial charge is 0.383 e. The summed E-state index contributed by atoms with van der Waals surface area (Å²) >= 11 is 3.46. The fraction of sp³-hybridized carbons (Fsp3) is 0.636. The lowest BCUT2D eigenvalue weighted by molar-refractivity contribution is 0.170. The van der Waals surface area contributed by atoms with Crippen molar-refractivity contribution in [3.05, 3.63) is 17.0 Å². The molecule has 1 heterocycles. The van der Waals surface area contributed by atoms with Crippen LogP contribution in [0.25, 0.3) is 0 Å². The fourth-order valence-electron chi connectivity index (χ4n) is 1.57. The Morgan fingerprint density at radius 1 is 1.41 bits per heavy atom. The number of hydrogen-bond donors (Lipinski definition) is 0. The highest BCUT2D eigenvalue weighted by Gasteiger charge is 2.17. The molecule has 0 bridgehead atoms. The van der Waals surface area contributed by atoms with Gasteiger partial charge < -0.3 is 14.4 Å². The van der Waals surface area contributed by atoms with E-state index in [9.17, 15) is 0 Å². The average molecular weight is 304 g/mol. The van der Waals surface area contributed by atoms with E-state index >= 15 is 0 Å². The maximum atomic E-state index is 5.18. The molecular formula is C11H18BrN3O2. The number of methoxy groups -OCH3 is 2. The van der Waals surface area contributed by atoms with Crippen LogP contribution in [0.2, 0.25) is 0 Å². The molecule has 0 aliphatic rings. The maximum Gasteiger partial charge on any atom is 0.146 e. The van der Waals surface area contributed by atoms with Crippen molar-refractivity contribution < 1.29 is 9.47 Å². The summed E-state index contributed by atoms with van der Waals surface area (Å²) in [4.78, 5) is 10.4. The molecule has 0 N–H and O–H groups in total. The molecule has 1 aromatic heterocycles. The van der Waals surface area contributed by atoms with Crippen molar-refractivity contribution in [2.45, 2.75) is 13.0 Å². The Morgan fingerprint density at radius 2 is 2.18 bits per heavy atom. The molecule has 1 rings (SSSR count). The van der Waals surface area contributed by atoms with Crippen molar-refractivity contribution >= 4 is 21.7 Å². The molecule has 0 radical (unpaired) electrons. The van der Waals surface area contributed by atoms with Crippen molar-refractivity contribution in [3.8, 4) is 0 Å². The smallest absolute Gasteiger partial charge is 0.146 e. The molecule has 0 fully saturated rings. The molecule has 96 valence electrons. The van der Waals surface area contributed by atoms with Gasteiger partial charge in [0, 0.05) is 27.0 Å². The van der Waals surface area contributed by atoms with Gasteiger partial charge >= 0.3 is 0 Å². The molecule has 17 heavy (non-hydrogen) atoms. The SMILES string of the molecule is COCCN(c1ncncc1Br)C(C)COC. The number of rotatable bonds is 7. The van der Waals surface area contributed by atoms with Crippen molar-refractivity contribution in [2.24, 2.45) is 0 Å². The van der Waals surface area contributed by atoms with Gasteiger partial charge in [-0.2, -0.15) is 0 Å². The summed E-state index contributed by atoms with van der Waals surface area (Å²) in [6.07, 6.45) is 3.28. The van der Waals surface area contributed by atoms with Gasteiger partial charge in [0.05, 0.1) is 23.7 Å². The monoisotopic (exact) mass is 303 g/mol. The summed E-state index contributed by atoms with van der Waals surface area (Å²) in [5.74, 6) is 0.863. The van der Waals surface area contributed by atoms with Gasteiger partial charge in [0.25, 0.3) is 0 Å². The first-order valence-corrected chi connectivity index (χ1v) is 6.20. The van der Waals surface area contributed by atoms with Gasteiger partial charge in [-0.15, -0.1) is 0 Å². The van der Waals surface area contributed by atoms with Crippen LogP contribution >= 0.6 is 15.9 Å². The molecule has 0 aliphatic carbocycles. The van der Waals surface area contributed by atoms with Crippen molar-refractivity contribution in [1.82, 2.24) is 9.97 Å². The number of halogens is 1. The van der Waals surface area contributed by atoms with Gasteiger partial charge in [0.2, 0.25) is 0 Å². The van der Waals surface area contributed by atoms with E-state index in [1.807, 2.05) is 0 Å². The number of ether oxygens (including phenoxy) is 2. The van der Waals surface area contributed by atoms with Crippen LogP contribution in [-0.4, -0.2) is 50.0 Å². The zero-order valence-electron chi connectivity index (χ0n) is 10.4. The third-order valence-electron chi connectivity index (χ3n) is 2.40. The molecule has 0 saturated carbocycles. The van der Waals surface area contributed by atoms with Gasteiger partial charge in [-0.1, -0.05) is 0 Å². The second-order valence-electron chi connectivity index (χ2n) is 3.68. The Labute approximate surface area is 110 Å². The molecule has 0 amide bonds. The zero-order chi connectivity index (χ0) is 12.7. The Balaban J connectivity index is 2.85. The summed E-state index contributed by atoms with van der Waals surface area (Å²) < 4.78 is 11.2. The van der Waals surface area contributed by atoms with E-state index in [4.69, 9.17) is 9.47 Å². The predicted molar refractivity (Wildman–Crippen MR) is 70.3 cm³/mol. The van der Waals surface area contributed by atoms with E-state index in [1.165, 1.54) is 0 Å². The first-order valence-electron chi connectivity index (χ1n) is 5.40. The Kier molecular flexibility index (Phi) is 6.39. The van der Waals surface area contributed by atoms with Gasteiger partial charge in [-0.25, -0.2) is 9.97 Å². The number of hydrogen-bond acceptors (Lipinski definition) is 5. The molecule has 0 spiro atoms. The number of anilines is 1. The van der Waals surface area contributed by atoms with Gasteiger partial charge in [-0.3, -0.25) is 0 Å². The van der Waals surface area contributed by atoms with Gasteiger partial charge in [0.15, 0.2) is 0 Å². The molecule has 0 saturated heterocycles. The van der Waals surface area contributed by atoms with E-state index in [0.717, 1.165) is 16.8 Å². The third-order valence-corrected chi connectivity index (χ3v) is 2.96. The van der Waals surface area contributed by atoms with Crippen molar-refractivity contribution in [1.29, 1.82) is 0 Å². The summed E-state index contributed by atoms with van der Waals surface area (Å²) in [5.41, 5.74) is 0. The predicted octanol–water partition coefficient (Wildman–Crippen LogP) is 1.73. The highest BCUT2D eigenvalue weighted by atomic mass is 79.9. The highest BCUT2D eigenvalue weighted by molar-refractivity contribution is 9.10. The van der Waals surface area contributed by atoms with Crippen LogP contribution in [0.5, 0.6) is 0 Å². The fourth-order valence-corrected chi connectivity index (χ4v) is 2.02. The number of nitrogens with zero attached hydrogens (tertiary/aromatic N) is 3. The molecule has 5 nitrogen and oxygen atoms in total. The molecule has 1 atom stereocenters. The topological polar surface area (TPSA) is 47.5 Å².